The molecule has 1 saturated heterocycles. The number of imide groups is 1. The van der Waals surface area contributed by atoms with Crippen LogP contribution in [0, 0.1) is 11.8 Å². The average Bonchev–Trinajstić information content (AvgIpc) is 3.07. The molecule has 2 aromatic carbocycles. The van der Waals surface area contributed by atoms with Crippen LogP contribution in [-0.2, 0) is 15.1 Å². The Hall–Kier alpha value is -2.88. The number of nitrogens with zero attached hydrogens (tertiary/aromatic N) is 1. The molecule has 2 atom stereocenters. The molecule has 2 aromatic rings. The third-order valence-electron chi connectivity index (χ3n) is 5.56. The van der Waals surface area contributed by atoms with E-state index in [2.05, 4.69) is 0 Å². The van der Waals surface area contributed by atoms with Gasteiger partial charge in [0.15, 0.2) is 5.60 Å². The first-order valence-electron chi connectivity index (χ1n) is 10.2. The number of rotatable bonds is 6. The van der Waals surface area contributed by atoms with E-state index in [4.69, 9.17) is 4.74 Å². The molecule has 0 N–H and O–H groups in total. The maximum Gasteiger partial charge on any atom is 0.418 e. The molecular weight excluding hydrogens is 362 g/mol. The van der Waals surface area contributed by atoms with Crippen LogP contribution in [0.1, 0.15) is 45.2 Å². The van der Waals surface area contributed by atoms with Gasteiger partial charge in [0.05, 0.1) is 6.04 Å². The number of carbonyl (C=O) groups is 2. The van der Waals surface area contributed by atoms with Gasteiger partial charge in [-0.1, -0.05) is 93.6 Å². The highest BCUT2D eigenvalue weighted by Gasteiger charge is 2.59. The first-order valence-corrected chi connectivity index (χ1v) is 10.2. The van der Waals surface area contributed by atoms with Gasteiger partial charge in [0.25, 0.3) is 0 Å². The Kier molecular flexibility index (Phi) is 6.21. The van der Waals surface area contributed by atoms with E-state index in [1.165, 1.54) is 4.90 Å². The van der Waals surface area contributed by atoms with Crippen LogP contribution in [0.15, 0.2) is 72.8 Å². The van der Waals surface area contributed by atoms with Crippen molar-refractivity contribution in [1.29, 1.82) is 0 Å². The molecule has 0 radical (unpaired) electrons. The molecule has 0 bridgehead atoms. The molecule has 2 amide bonds. The summed E-state index contributed by atoms with van der Waals surface area (Å²) in [4.78, 5) is 27.8. The summed E-state index contributed by atoms with van der Waals surface area (Å²) < 4.78 is 6.13. The molecule has 1 aliphatic rings. The van der Waals surface area contributed by atoms with E-state index in [-0.39, 0.29) is 17.7 Å². The highest BCUT2D eigenvalue weighted by atomic mass is 16.6. The number of ether oxygens (including phenoxy) is 1. The van der Waals surface area contributed by atoms with Crippen molar-refractivity contribution >= 4 is 12.0 Å². The second kappa shape index (κ2) is 8.64. The quantitative estimate of drug-likeness (QED) is 0.608. The second-order valence-electron chi connectivity index (χ2n) is 7.94. The van der Waals surface area contributed by atoms with E-state index < -0.39 is 17.7 Å². The Balaban J connectivity index is 2.16. The SMILES string of the molecule is C/C=C\C[C@@H](C)C(=O)N1C(=O)OC(c2ccccc2)(c2ccccc2)[C@@H]1C(C)C. The molecule has 29 heavy (non-hydrogen) atoms. The lowest BCUT2D eigenvalue weighted by atomic mass is 9.75. The Labute approximate surface area is 173 Å². The molecule has 4 heteroatoms. The van der Waals surface area contributed by atoms with Crippen LogP contribution < -0.4 is 0 Å². The molecule has 1 fully saturated rings. The predicted molar refractivity (Wildman–Crippen MR) is 114 cm³/mol. The van der Waals surface area contributed by atoms with Gasteiger partial charge in [-0.15, -0.1) is 0 Å². The predicted octanol–water partition coefficient (Wildman–Crippen LogP) is 5.54. The third-order valence-corrected chi connectivity index (χ3v) is 5.56. The lowest BCUT2D eigenvalue weighted by molar-refractivity contribution is -0.134. The Morgan fingerprint density at radius 1 is 1.03 bits per heavy atom. The smallest absolute Gasteiger partial charge is 0.418 e. The van der Waals surface area contributed by atoms with Crippen LogP contribution in [0.4, 0.5) is 4.79 Å². The fourth-order valence-electron chi connectivity index (χ4n) is 4.21. The summed E-state index contributed by atoms with van der Waals surface area (Å²) in [5, 5.41) is 0. The van der Waals surface area contributed by atoms with Crippen molar-refractivity contribution in [3.63, 3.8) is 0 Å². The number of allylic oxidation sites excluding steroid dienone is 2. The number of hydrogen-bond acceptors (Lipinski definition) is 3. The molecule has 0 spiro atoms. The number of hydrogen-bond donors (Lipinski definition) is 0. The van der Waals surface area contributed by atoms with Crippen molar-refractivity contribution in [2.24, 2.45) is 11.8 Å². The van der Waals surface area contributed by atoms with Gasteiger partial charge in [-0.2, -0.15) is 0 Å². The Morgan fingerprint density at radius 2 is 1.55 bits per heavy atom. The van der Waals surface area contributed by atoms with E-state index in [9.17, 15) is 9.59 Å². The molecule has 152 valence electrons. The number of amides is 2. The summed E-state index contributed by atoms with van der Waals surface area (Å²) in [6.45, 7) is 7.85. The summed E-state index contributed by atoms with van der Waals surface area (Å²) in [5.41, 5.74) is 0.702. The van der Waals surface area contributed by atoms with Crippen molar-refractivity contribution in [3.05, 3.63) is 83.9 Å². The maximum atomic E-state index is 13.3. The number of benzene rings is 2. The summed E-state index contributed by atoms with van der Waals surface area (Å²) in [7, 11) is 0. The topological polar surface area (TPSA) is 46.6 Å². The van der Waals surface area contributed by atoms with Gasteiger partial charge in [0, 0.05) is 17.0 Å². The summed E-state index contributed by atoms with van der Waals surface area (Å²) >= 11 is 0. The van der Waals surface area contributed by atoms with Gasteiger partial charge in [-0.3, -0.25) is 4.79 Å². The second-order valence-corrected chi connectivity index (χ2v) is 7.94. The largest absolute Gasteiger partial charge is 0.430 e. The van der Waals surface area contributed by atoms with Crippen LogP contribution in [0.2, 0.25) is 0 Å². The minimum atomic E-state index is -1.04. The lowest BCUT2D eigenvalue weighted by Gasteiger charge is -2.38. The summed E-state index contributed by atoms with van der Waals surface area (Å²) in [6, 6.07) is 19.0. The van der Waals surface area contributed by atoms with Gasteiger partial charge < -0.3 is 4.74 Å². The maximum absolute atomic E-state index is 13.3. The van der Waals surface area contributed by atoms with E-state index in [0.29, 0.717) is 6.42 Å². The fourth-order valence-corrected chi connectivity index (χ4v) is 4.21. The van der Waals surface area contributed by atoms with Crippen molar-refractivity contribution < 1.29 is 14.3 Å². The third kappa shape index (κ3) is 3.71. The monoisotopic (exact) mass is 391 g/mol. The van der Waals surface area contributed by atoms with Crippen molar-refractivity contribution in [1.82, 2.24) is 4.90 Å². The molecule has 1 aliphatic heterocycles. The highest BCUT2D eigenvalue weighted by molar-refractivity contribution is 5.96. The number of cyclic esters (lactones) is 1. The number of carbonyl (C=O) groups excluding carboxylic acids is 2. The lowest BCUT2D eigenvalue weighted by Crippen LogP contribution is -2.51. The van der Waals surface area contributed by atoms with Gasteiger partial charge in [0.2, 0.25) is 5.91 Å². The molecule has 0 aromatic heterocycles. The minimum Gasteiger partial charge on any atom is -0.430 e. The first-order chi connectivity index (χ1) is 13.9. The van der Waals surface area contributed by atoms with E-state index in [1.807, 2.05) is 101 Å². The van der Waals surface area contributed by atoms with Crippen LogP contribution in [-0.4, -0.2) is 22.9 Å². The molecule has 0 saturated carbocycles. The molecule has 3 rings (SSSR count). The Morgan fingerprint density at radius 3 is 2.00 bits per heavy atom. The van der Waals surface area contributed by atoms with Crippen molar-refractivity contribution in [2.75, 3.05) is 0 Å². The van der Waals surface area contributed by atoms with E-state index in [1.54, 1.807) is 0 Å². The van der Waals surface area contributed by atoms with Gasteiger partial charge in [-0.05, 0) is 19.3 Å². The van der Waals surface area contributed by atoms with E-state index >= 15 is 0 Å². The average molecular weight is 392 g/mol. The van der Waals surface area contributed by atoms with E-state index in [0.717, 1.165) is 11.1 Å². The standard InChI is InChI=1S/C25H29NO3/c1-5-6-13-19(4)23(27)26-22(18(2)3)25(29-24(26)28,20-14-9-7-10-15-20)21-16-11-8-12-17-21/h5-12,14-19,22H,13H2,1-4H3/b6-5-/t19-,22+/m1/s1. The van der Waals surface area contributed by atoms with Crippen LogP contribution in [0.3, 0.4) is 0 Å². The summed E-state index contributed by atoms with van der Waals surface area (Å²) in [6.07, 6.45) is 3.89. The first kappa shape index (κ1) is 20.8. The summed E-state index contributed by atoms with van der Waals surface area (Å²) in [5.74, 6) is -0.498. The molecular formula is C25H29NO3. The zero-order valence-corrected chi connectivity index (χ0v) is 17.5. The van der Waals surface area contributed by atoms with Crippen LogP contribution in [0.25, 0.3) is 0 Å². The zero-order chi connectivity index (χ0) is 21.0. The van der Waals surface area contributed by atoms with Crippen LogP contribution in [0.5, 0.6) is 0 Å². The van der Waals surface area contributed by atoms with Crippen molar-refractivity contribution in [3.8, 4) is 0 Å². The normalized spacial score (nSPS) is 19.6. The fraction of sp³-hybridized carbons (Fsp3) is 0.360. The molecule has 1 heterocycles. The molecule has 4 nitrogen and oxygen atoms in total. The van der Waals surface area contributed by atoms with Crippen LogP contribution >= 0.6 is 0 Å². The van der Waals surface area contributed by atoms with Gasteiger partial charge in [0.1, 0.15) is 0 Å². The molecule has 0 unspecified atom stereocenters. The zero-order valence-electron chi connectivity index (χ0n) is 17.5. The highest BCUT2D eigenvalue weighted by Crippen LogP contribution is 2.47. The van der Waals surface area contributed by atoms with Gasteiger partial charge >= 0.3 is 6.09 Å². The van der Waals surface area contributed by atoms with Crippen molar-refractivity contribution in [2.45, 2.75) is 45.8 Å². The Bertz CT molecular complexity index is 834. The minimum absolute atomic E-state index is 0.000250. The van der Waals surface area contributed by atoms with Gasteiger partial charge in [-0.25, -0.2) is 9.69 Å². The molecule has 0 aliphatic carbocycles.